The molecule has 1 aliphatic carbocycles. The van der Waals surface area contributed by atoms with Crippen LogP contribution in [0.2, 0.25) is 0 Å². The minimum absolute atomic E-state index is 0.191. The molecule has 1 heterocycles. The molecular weight excluding hydrogens is 588 g/mol. The van der Waals surface area contributed by atoms with Crippen molar-refractivity contribution in [2.24, 2.45) is 0 Å². The Morgan fingerprint density at radius 3 is 1.85 bits per heavy atom. The van der Waals surface area contributed by atoms with Crippen molar-refractivity contribution in [2.75, 3.05) is 7.11 Å². The van der Waals surface area contributed by atoms with Crippen LogP contribution in [0.4, 0.5) is 0 Å². The van der Waals surface area contributed by atoms with Crippen LogP contribution in [0.25, 0.3) is 16.5 Å². The monoisotopic (exact) mass is 616 g/mol. The van der Waals surface area contributed by atoms with E-state index in [9.17, 15) is 19.2 Å². The van der Waals surface area contributed by atoms with Crippen LogP contribution in [-0.4, -0.2) is 48.8 Å². The summed E-state index contributed by atoms with van der Waals surface area (Å²) < 4.78 is 28.7. The van der Waals surface area contributed by atoms with Gasteiger partial charge in [-0.1, -0.05) is 60.7 Å². The minimum Gasteiger partial charge on any atom is -0.466 e. The number of methoxy groups -OCH3 is 1. The fourth-order valence-corrected chi connectivity index (χ4v) is 5.40. The molecule has 46 heavy (non-hydrogen) atoms. The van der Waals surface area contributed by atoms with Gasteiger partial charge < -0.3 is 23.4 Å². The van der Waals surface area contributed by atoms with Gasteiger partial charge in [0.1, 0.15) is 11.7 Å². The van der Waals surface area contributed by atoms with Crippen molar-refractivity contribution in [3.63, 3.8) is 0 Å². The van der Waals surface area contributed by atoms with E-state index in [-0.39, 0.29) is 22.3 Å². The molecule has 0 amide bonds. The highest BCUT2D eigenvalue weighted by Gasteiger charge is 2.53. The van der Waals surface area contributed by atoms with Crippen LogP contribution in [0.1, 0.15) is 43.1 Å². The van der Waals surface area contributed by atoms with Gasteiger partial charge in [-0.3, -0.25) is 0 Å². The van der Waals surface area contributed by atoms with E-state index in [1.807, 2.05) is 0 Å². The maximum absolute atomic E-state index is 13.6. The second-order valence-corrected chi connectivity index (χ2v) is 10.6. The smallest absolute Gasteiger partial charge is 0.354 e. The molecule has 1 aromatic heterocycles. The van der Waals surface area contributed by atoms with Crippen molar-refractivity contribution in [2.45, 2.75) is 24.2 Å². The highest BCUT2D eigenvalue weighted by atomic mass is 16.6. The van der Waals surface area contributed by atoms with Crippen LogP contribution in [0.15, 0.2) is 132 Å². The van der Waals surface area contributed by atoms with Gasteiger partial charge in [-0.2, -0.15) is 0 Å². The van der Waals surface area contributed by atoms with Crippen molar-refractivity contribution >= 4 is 40.4 Å². The summed E-state index contributed by atoms with van der Waals surface area (Å²) in [4.78, 5) is 54.1. The zero-order chi connectivity index (χ0) is 32.1. The summed E-state index contributed by atoms with van der Waals surface area (Å²) in [6, 6.07) is 31.7. The number of rotatable bonds is 8. The molecule has 9 nitrogen and oxygen atoms in total. The van der Waals surface area contributed by atoms with E-state index in [1.54, 1.807) is 115 Å². The first-order valence-corrected chi connectivity index (χ1v) is 14.5. The van der Waals surface area contributed by atoms with E-state index in [0.717, 1.165) is 12.5 Å². The van der Waals surface area contributed by atoms with Gasteiger partial charge in [0, 0.05) is 17.4 Å². The molecule has 0 aliphatic heterocycles. The summed E-state index contributed by atoms with van der Waals surface area (Å²) in [5.74, 6) is -3.13. The molecule has 0 fully saturated rings. The van der Waals surface area contributed by atoms with E-state index < -0.39 is 48.1 Å². The summed E-state index contributed by atoms with van der Waals surface area (Å²) in [6.45, 7) is 0. The molecule has 3 atom stereocenters. The lowest BCUT2D eigenvalue weighted by molar-refractivity contribution is -0.162. The normalized spacial score (nSPS) is 19.0. The van der Waals surface area contributed by atoms with Crippen LogP contribution >= 0.6 is 0 Å². The predicted molar refractivity (Wildman–Crippen MR) is 167 cm³/mol. The third kappa shape index (κ3) is 6.16. The van der Waals surface area contributed by atoms with Gasteiger partial charge in [0.05, 0.1) is 30.1 Å². The number of hydrogen-bond acceptors (Lipinski definition) is 9. The maximum atomic E-state index is 13.6. The van der Waals surface area contributed by atoms with E-state index in [1.165, 1.54) is 12.3 Å². The van der Waals surface area contributed by atoms with Gasteiger partial charge in [0.25, 0.3) is 0 Å². The van der Waals surface area contributed by atoms with Crippen LogP contribution in [-0.2, 0) is 23.7 Å². The third-order valence-electron chi connectivity index (χ3n) is 7.65. The molecular formula is C37H28O9. The average molecular weight is 617 g/mol. The van der Waals surface area contributed by atoms with Gasteiger partial charge in [-0.15, -0.1) is 0 Å². The molecule has 3 unspecified atom stereocenters. The number of carbonyl (C=O) groups excluding carboxylic acids is 4. The van der Waals surface area contributed by atoms with Crippen LogP contribution in [0.5, 0.6) is 0 Å². The lowest BCUT2D eigenvalue weighted by Crippen LogP contribution is -2.53. The molecule has 230 valence electrons. The van der Waals surface area contributed by atoms with Crippen molar-refractivity contribution in [1.82, 2.24) is 0 Å². The van der Waals surface area contributed by atoms with E-state index in [4.69, 9.17) is 23.4 Å². The molecule has 1 aliphatic rings. The zero-order valence-electron chi connectivity index (χ0n) is 24.7. The Kier molecular flexibility index (Phi) is 8.47. The molecule has 4 aromatic carbocycles. The molecule has 0 radical (unpaired) electrons. The zero-order valence-corrected chi connectivity index (χ0v) is 24.7. The summed E-state index contributed by atoms with van der Waals surface area (Å²) in [5, 5.41) is 0.722. The molecule has 0 N–H and O–H groups in total. The van der Waals surface area contributed by atoms with Gasteiger partial charge in [0.15, 0.2) is 6.10 Å². The summed E-state index contributed by atoms with van der Waals surface area (Å²) >= 11 is 0. The fraction of sp³-hybridized carbons (Fsp3) is 0.135. The minimum atomic E-state index is -2.07. The Balaban J connectivity index is 1.51. The van der Waals surface area contributed by atoms with Gasteiger partial charge in [0.2, 0.25) is 5.60 Å². The number of benzene rings is 4. The quantitative estimate of drug-likeness (QED) is 0.143. The molecule has 9 heteroatoms. The van der Waals surface area contributed by atoms with Crippen LogP contribution in [0, 0.1) is 0 Å². The first-order chi connectivity index (χ1) is 22.4. The van der Waals surface area contributed by atoms with Gasteiger partial charge in [-0.05, 0) is 66.2 Å². The fourth-order valence-electron chi connectivity index (χ4n) is 5.40. The SMILES string of the molecule is COC(=O)C1(OC(=O)c2ccccc2)C=C(c2ccc3occc3c2)C(OC(=O)c2ccccc2)C(OC(=O)c2ccccc2)C1. The Bertz CT molecular complexity index is 1910. The van der Waals surface area contributed by atoms with Crippen molar-refractivity contribution in [3.8, 4) is 0 Å². The third-order valence-corrected chi connectivity index (χ3v) is 7.65. The standard InChI is InChI=1S/C37H28O9/c1-42-36(41)37(46-35(40)26-15-9-4-10-16-26)22-29(27-17-18-30-28(21-27)19-20-43-30)32(45-34(39)25-13-7-3-8-14-25)31(23-37)44-33(38)24-11-5-2-6-12-24/h2-22,31-32H,23H2,1H3. The van der Waals surface area contributed by atoms with Crippen molar-refractivity contribution < 1.29 is 42.5 Å². The van der Waals surface area contributed by atoms with Crippen molar-refractivity contribution in [3.05, 3.63) is 150 Å². The Hall–Kier alpha value is -5.96. The lowest BCUT2D eigenvalue weighted by Gasteiger charge is -2.40. The summed E-state index contributed by atoms with van der Waals surface area (Å²) in [7, 11) is 1.16. The van der Waals surface area contributed by atoms with Gasteiger partial charge in [-0.25, -0.2) is 19.2 Å². The molecule has 5 aromatic rings. The number of carbonyl (C=O) groups is 4. The van der Waals surface area contributed by atoms with E-state index in [2.05, 4.69) is 0 Å². The number of ether oxygens (including phenoxy) is 4. The van der Waals surface area contributed by atoms with Crippen molar-refractivity contribution in [1.29, 1.82) is 0 Å². The predicted octanol–water partition coefficient (Wildman–Crippen LogP) is 6.44. The number of esters is 4. The maximum Gasteiger partial charge on any atom is 0.354 e. The van der Waals surface area contributed by atoms with Gasteiger partial charge >= 0.3 is 23.9 Å². The molecule has 6 rings (SSSR count). The molecule has 0 bridgehead atoms. The highest BCUT2D eigenvalue weighted by Crippen LogP contribution is 2.41. The number of fused-ring (bicyclic) bond motifs is 1. The highest BCUT2D eigenvalue weighted by molar-refractivity contribution is 5.97. The first-order valence-electron chi connectivity index (χ1n) is 14.5. The second kappa shape index (κ2) is 13.0. The largest absolute Gasteiger partial charge is 0.466 e. The average Bonchev–Trinajstić information content (AvgIpc) is 3.58. The Morgan fingerprint density at radius 2 is 1.26 bits per heavy atom. The molecule has 0 spiro atoms. The molecule has 0 saturated heterocycles. The molecule has 0 saturated carbocycles. The summed E-state index contributed by atoms with van der Waals surface area (Å²) in [5.41, 5.74) is -0.0208. The number of furan rings is 1. The van der Waals surface area contributed by atoms with E-state index >= 15 is 0 Å². The summed E-state index contributed by atoms with van der Waals surface area (Å²) in [6.07, 6.45) is 0.0140. The lowest BCUT2D eigenvalue weighted by atomic mass is 9.79. The van der Waals surface area contributed by atoms with Crippen LogP contribution in [0.3, 0.4) is 0 Å². The number of hydrogen-bond donors (Lipinski definition) is 0. The first kappa shape index (κ1) is 30.1. The Labute approximate surface area is 263 Å². The van der Waals surface area contributed by atoms with E-state index in [0.29, 0.717) is 11.1 Å². The van der Waals surface area contributed by atoms with Crippen LogP contribution < -0.4 is 0 Å². The second-order valence-electron chi connectivity index (χ2n) is 10.6. The Morgan fingerprint density at radius 1 is 0.696 bits per heavy atom. The topological polar surface area (TPSA) is 118 Å².